The second-order valence-corrected chi connectivity index (χ2v) is 7.53. The van der Waals surface area contributed by atoms with Crippen LogP contribution in [0.4, 0.5) is 5.69 Å². The topological polar surface area (TPSA) is 73.2 Å². The Morgan fingerprint density at radius 2 is 1.83 bits per heavy atom. The van der Waals surface area contributed by atoms with E-state index in [1.54, 1.807) is 22.8 Å². The van der Waals surface area contributed by atoms with Crippen molar-refractivity contribution < 1.29 is 0 Å². The number of hydrogen-bond acceptors (Lipinski definition) is 5. The standard InChI is InChI=1S/C23H15N7/c1-24-18-7-4-15(5-8-18)20-14-26-22-28-27-21(30(22)29-20)23(10-11-23)17-6-9-19-16(13-17)3-2-12-25-19/h2-9,12-14H,10-11H2. The Morgan fingerprint density at radius 3 is 2.63 bits per heavy atom. The Morgan fingerprint density at radius 1 is 0.967 bits per heavy atom. The molecule has 0 bridgehead atoms. The molecule has 7 nitrogen and oxygen atoms in total. The predicted octanol–water partition coefficient (Wildman–Crippen LogP) is 4.37. The molecule has 0 spiro atoms. The molecule has 2 aromatic carbocycles. The molecule has 1 saturated carbocycles. The van der Waals surface area contributed by atoms with Gasteiger partial charge in [0.15, 0.2) is 11.5 Å². The minimum Gasteiger partial charge on any atom is -0.256 e. The normalized spacial score (nSPS) is 14.6. The molecule has 5 aromatic rings. The predicted molar refractivity (Wildman–Crippen MR) is 112 cm³/mol. The van der Waals surface area contributed by atoms with Crippen LogP contribution in [0.25, 0.3) is 32.8 Å². The molecule has 0 amide bonds. The molecule has 0 aliphatic heterocycles. The van der Waals surface area contributed by atoms with E-state index in [0.717, 1.165) is 40.8 Å². The van der Waals surface area contributed by atoms with Crippen molar-refractivity contribution in [2.75, 3.05) is 0 Å². The SMILES string of the molecule is [C-]#[N+]c1ccc(-c2cnc3nnc(C4(c5ccc6ncccc6c5)CC4)n3n2)cc1. The van der Waals surface area contributed by atoms with E-state index in [0.29, 0.717) is 11.5 Å². The van der Waals surface area contributed by atoms with Gasteiger partial charge in [-0.1, -0.05) is 36.4 Å². The average Bonchev–Trinajstić information content (AvgIpc) is 3.51. The fourth-order valence-corrected chi connectivity index (χ4v) is 3.97. The van der Waals surface area contributed by atoms with E-state index in [2.05, 4.69) is 49.3 Å². The summed E-state index contributed by atoms with van der Waals surface area (Å²) in [6, 6.07) is 17.8. The number of nitrogens with zero attached hydrogens (tertiary/aromatic N) is 7. The van der Waals surface area contributed by atoms with Crippen LogP contribution in [0.2, 0.25) is 0 Å². The van der Waals surface area contributed by atoms with Gasteiger partial charge in [-0.3, -0.25) is 4.98 Å². The summed E-state index contributed by atoms with van der Waals surface area (Å²) in [6.45, 7) is 7.11. The highest BCUT2D eigenvalue weighted by molar-refractivity contribution is 5.79. The van der Waals surface area contributed by atoms with Crippen molar-refractivity contribution in [3.63, 3.8) is 0 Å². The summed E-state index contributed by atoms with van der Waals surface area (Å²) in [7, 11) is 0. The first-order chi connectivity index (χ1) is 14.8. The molecule has 142 valence electrons. The number of fused-ring (bicyclic) bond motifs is 2. The minimum absolute atomic E-state index is 0.204. The third kappa shape index (κ3) is 2.47. The van der Waals surface area contributed by atoms with E-state index in [-0.39, 0.29) is 5.41 Å². The van der Waals surface area contributed by atoms with E-state index in [9.17, 15) is 0 Å². The molecule has 1 aliphatic carbocycles. The first kappa shape index (κ1) is 16.7. The maximum Gasteiger partial charge on any atom is 0.271 e. The molecule has 0 saturated heterocycles. The fourth-order valence-electron chi connectivity index (χ4n) is 3.97. The Hall–Kier alpha value is -4.18. The maximum atomic E-state index is 7.11. The summed E-state index contributed by atoms with van der Waals surface area (Å²) < 4.78 is 1.76. The van der Waals surface area contributed by atoms with Gasteiger partial charge in [0.25, 0.3) is 5.78 Å². The highest BCUT2D eigenvalue weighted by atomic mass is 15.4. The lowest BCUT2D eigenvalue weighted by Gasteiger charge is -2.14. The van der Waals surface area contributed by atoms with Gasteiger partial charge in [0.05, 0.1) is 23.7 Å². The Balaban J connectivity index is 1.47. The molecule has 0 N–H and O–H groups in total. The highest BCUT2D eigenvalue weighted by Crippen LogP contribution is 2.53. The van der Waals surface area contributed by atoms with Crippen LogP contribution in [-0.2, 0) is 5.41 Å². The van der Waals surface area contributed by atoms with Crippen LogP contribution in [0.3, 0.4) is 0 Å². The van der Waals surface area contributed by atoms with Crippen molar-refractivity contribution in [2.24, 2.45) is 0 Å². The van der Waals surface area contributed by atoms with Crippen LogP contribution in [0.15, 0.2) is 67.0 Å². The van der Waals surface area contributed by atoms with E-state index in [1.807, 2.05) is 24.4 Å². The van der Waals surface area contributed by atoms with Gasteiger partial charge in [0.1, 0.15) is 5.69 Å². The van der Waals surface area contributed by atoms with E-state index >= 15 is 0 Å². The second kappa shape index (κ2) is 6.16. The largest absolute Gasteiger partial charge is 0.271 e. The molecule has 0 unspecified atom stereocenters. The third-order valence-electron chi connectivity index (χ3n) is 5.76. The van der Waals surface area contributed by atoms with Gasteiger partial charge in [-0.05, 0) is 36.6 Å². The second-order valence-electron chi connectivity index (χ2n) is 7.53. The lowest BCUT2D eigenvalue weighted by atomic mass is 9.94. The van der Waals surface area contributed by atoms with Crippen molar-refractivity contribution in [3.8, 4) is 11.3 Å². The molecule has 1 aliphatic rings. The van der Waals surface area contributed by atoms with E-state index in [1.165, 1.54) is 5.56 Å². The number of aromatic nitrogens is 6. The van der Waals surface area contributed by atoms with E-state index in [4.69, 9.17) is 11.7 Å². The maximum absolute atomic E-state index is 7.11. The van der Waals surface area contributed by atoms with Crippen LogP contribution >= 0.6 is 0 Å². The average molecular weight is 389 g/mol. The zero-order chi connectivity index (χ0) is 20.1. The molecule has 3 aromatic heterocycles. The van der Waals surface area contributed by atoms with Gasteiger partial charge >= 0.3 is 0 Å². The van der Waals surface area contributed by atoms with Crippen molar-refractivity contribution in [1.82, 2.24) is 29.8 Å². The van der Waals surface area contributed by atoms with Crippen LogP contribution in [0, 0.1) is 6.57 Å². The van der Waals surface area contributed by atoms with Gasteiger partial charge < -0.3 is 0 Å². The van der Waals surface area contributed by atoms with Crippen molar-refractivity contribution in [2.45, 2.75) is 18.3 Å². The van der Waals surface area contributed by atoms with Gasteiger partial charge in [-0.2, -0.15) is 9.61 Å². The van der Waals surface area contributed by atoms with E-state index < -0.39 is 0 Å². The number of rotatable bonds is 3. The van der Waals surface area contributed by atoms with Crippen molar-refractivity contribution >= 4 is 22.4 Å². The first-order valence-corrected chi connectivity index (χ1v) is 9.69. The lowest BCUT2D eigenvalue weighted by Crippen LogP contribution is -2.15. The minimum atomic E-state index is -0.204. The Labute approximate surface area is 171 Å². The third-order valence-corrected chi connectivity index (χ3v) is 5.76. The number of pyridine rings is 1. The van der Waals surface area contributed by atoms with Crippen molar-refractivity contribution in [3.05, 3.63) is 89.8 Å². The molecular formula is C23H15N7. The van der Waals surface area contributed by atoms with Gasteiger partial charge in [0, 0.05) is 17.1 Å². The summed E-state index contributed by atoms with van der Waals surface area (Å²) in [5, 5.41) is 14.6. The summed E-state index contributed by atoms with van der Waals surface area (Å²) in [5.41, 5.74) is 4.20. The summed E-state index contributed by atoms with van der Waals surface area (Å²) in [4.78, 5) is 12.3. The Bertz CT molecular complexity index is 1460. The Kier molecular flexibility index (Phi) is 3.44. The van der Waals surface area contributed by atoms with Crippen LogP contribution < -0.4 is 0 Å². The van der Waals surface area contributed by atoms with Crippen LogP contribution in [0.5, 0.6) is 0 Å². The molecule has 30 heavy (non-hydrogen) atoms. The first-order valence-electron chi connectivity index (χ1n) is 9.69. The number of benzene rings is 2. The quantitative estimate of drug-likeness (QED) is 0.429. The summed E-state index contributed by atoms with van der Waals surface area (Å²) in [5.74, 6) is 1.30. The smallest absolute Gasteiger partial charge is 0.256 e. The zero-order valence-corrected chi connectivity index (χ0v) is 15.9. The molecule has 0 radical (unpaired) electrons. The summed E-state index contributed by atoms with van der Waals surface area (Å²) in [6.07, 6.45) is 5.49. The van der Waals surface area contributed by atoms with Gasteiger partial charge in [-0.15, -0.1) is 10.2 Å². The molecule has 7 heteroatoms. The fraction of sp³-hybridized carbons (Fsp3) is 0.130. The summed E-state index contributed by atoms with van der Waals surface area (Å²) >= 11 is 0. The molecule has 1 fully saturated rings. The monoisotopic (exact) mass is 389 g/mol. The molecule has 6 rings (SSSR count). The lowest BCUT2D eigenvalue weighted by molar-refractivity contribution is 0.703. The number of hydrogen-bond donors (Lipinski definition) is 0. The van der Waals surface area contributed by atoms with Gasteiger partial charge in [0.2, 0.25) is 0 Å². The van der Waals surface area contributed by atoms with Crippen LogP contribution in [-0.4, -0.2) is 29.8 Å². The molecule has 3 heterocycles. The molecule has 0 atom stereocenters. The highest BCUT2D eigenvalue weighted by Gasteiger charge is 2.50. The zero-order valence-electron chi connectivity index (χ0n) is 15.9. The van der Waals surface area contributed by atoms with Crippen LogP contribution in [0.1, 0.15) is 24.2 Å². The van der Waals surface area contributed by atoms with Gasteiger partial charge in [-0.25, -0.2) is 9.83 Å². The molecular weight excluding hydrogens is 374 g/mol. The van der Waals surface area contributed by atoms with Crippen molar-refractivity contribution in [1.29, 1.82) is 0 Å².